The maximum atomic E-state index is 10.8. The van der Waals surface area contributed by atoms with Crippen LogP contribution >= 0.6 is 19.4 Å². The lowest BCUT2D eigenvalue weighted by Crippen LogP contribution is -1.92. The fourth-order valence-corrected chi connectivity index (χ4v) is 2.12. The molecule has 0 aliphatic carbocycles. The van der Waals surface area contributed by atoms with Gasteiger partial charge in [0.2, 0.25) is 0 Å². The molecule has 6 heteroatoms. The zero-order valence-electron chi connectivity index (χ0n) is 8.00. The smallest absolute Gasteiger partial charge is 0.402 e. The van der Waals surface area contributed by atoms with Gasteiger partial charge in [-0.05, 0) is 11.5 Å². The summed E-state index contributed by atoms with van der Waals surface area (Å²) < 4.78 is 15.4. The summed E-state index contributed by atoms with van der Waals surface area (Å²) in [7, 11) is -4.60. The first kappa shape index (κ1) is 11.4. The monoisotopic (exact) mass is 258 g/mol. The zero-order valence-corrected chi connectivity index (χ0v) is 9.65. The van der Waals surface area contributed by atoms with Gasteiger partial charge in [-0.3, -0.25) is 9.79 Å². The van der Waals surface area contributed by atoms with E-state index < -0.39 is 7.82 Å². The summed E-state index contributed by atoms with van der Waals surface area (Å²) >= 11 is 5.84. The number of phosphoric acid groups is 1. The molecule has 0 aliphatic rings. The summed E-state index contributed by atoms with van der Waals surface area (Å²) in [5.74, 6) is 0.00750. The molecule has 84 valence electrons. The molecule has 0 radical (unpaired) electrons. The van der Waals surface area contributed by atoms with Crippen molar-refractivity contribution in [1.82, 2.24) is 0 Å². The quantitative estimate of drug-likeness (QED) is 0.813. The maximum absolute atomic E-state index is 10.8. The molecule has 0 bridgehead atoms. The topological polar surface area (TPSA) is 66.8 Å². The van der Waals surface area contributed by atoms with E-state index in [0.29, 0.717) is 5.39 Å². The van der Waals surface area contributed by atoms with Gasteiger partial charge >= 0.3 is 7.82 Å². The van der Waals surface area contributed by atoms with Crippen molar-refractivity contribution >= 4 is 30.2 Å². The third-order valence-electron chi connectivity index (χ3n) is 2.04. The minimum atomic E-state index is -4.60. The molecule has 0 aliphatic heterocycles. The average Bonchev–Trinajstić information content (AvgIpc) is 2.21. The molecule has 2 N–H and O–H groups in total. The number of phosphoric ester groups is 1. The standard InChI is InChI=1S/C10H8ClO4P/c11-9-6-5-7-3-1-2-4-8(7)10(9)15-16(12,13)14/h1-6H,(H2,12,13,14). The van der Waals surface area contributed by atoms with Gasteiger partial charge in [0.05, 0.1) is 5.02 Å². The van der Waals surface area contributed by atoms with Gasteiger partial charge in [-0.2, -0.15) is 0 Å². The second kappa shape index (κ2) is 4.07. The van der Waals surface area contributed by atoms with E-state index in [1.165, 1.54) is 6.07 Å². The highest BCUT2D eigenvalue weighted by molar-refractivity contribution is 7.46. The van der Waals surface area contributed by atoms with Crippen LogP contribution in [0.3, 0.4) is 0 Å². The van der Waals surface area contributed by atoms with Crippen LogP contribution in [0.4, 0.5) is 0 Å². The molecule has 4 nitrogen and oxygen atoms in total. The van der Waals surface area contributed by atoms with E-state index in [1.807, 2.05) is 6.07 Å². The summed E-state index contributed by atoms with van der Waals surface area (Å²) in [6.45, 7) is 0. The predicted octanol–water partition coefficient (Wildman–Crippen LogP) is 2.96. The molecule has 0 unspecified atom stereocenters. The van der Waals surface area contributed by atoms with E-state index in [2.05, 4.69) is 4.52 Å². The molecule has 0 amide bonds. The SMILES string of the molecule is O=P(O)(O)Oc1c(Cl)ccc2ccccc12. The molecular formula is C10H8ClO4P. The van der Waals surface area contributed by atoms with Crippen LogP contribution in [0.1, 0.15) is 0 Å². The lowest BCUT2D eigenvalue weighted by Gasteiger charge is -2.11. The number of hydrogen-bond donors (Lipinski definition) is 2. The Labute approximate surface area is 96.7 Å². The van der Waals surface area contributed by atoms with Gasteiger partial charge in [0, 0.05) is 5.39 Å². The molecule has 16 heavy (non-hydrogen) atoms. The van der Waals surface area contributed by atoms with E-state index in [9.17, 15) is 4.57 Å². The van der Waals surface area contributed by atoms with Crippen molar-refractivity contribution in [3.8, 4) is 5.75 Å². The molecule has 2 aromatic rings. The average molecular weight is 259 g/mol. The molecule has 0 heterocycles. The van der Waals surface area contributed by atoms with Crippen molar-refractivity contribution in [3.05, 3.63) is 41.4 Å². The molecule has 0 fully saturated rings. The third kappa shape index (κ3) is 2.36. The Morgan fingerprint density at radius 1 is 1.12 bits per heavy atom. The van der Waals surface area contributed by atoms with E-state index in [4.69, 9.17) is 21.4 Å². The van der Waals surface area contributed by atoms with Gasteiger partial charge in [-0.15, -0.1) is 0 Å². The van der Waals surface area contributed by atoms with Crippen molar-refractivity contribution in [1.29, 1.82) is 0 Å². The van der Waals surface area contributed by atoms with Crippen molar-refractivity contribution in [2.24, 2.45) is 0 Å². The molecule has 0 atom stereocenters. The number of fused-ring (bicyclic) bond motifs is 1. The van der Waals surface area contributed by atoms with Crippen molar-refractivity contribution in [2.45, 2.75) is 0 Å². The van der Waals surface area contributed by atoms with Crippen LogP contribution in [-0.4, -0.2) is 9.79 Å². The number of hydrogen-bond acceptors (Lipinski definition) is 2. The van der Waals surface area contributed by atoms with Gasteiger partial charge < -0.3 is 4.52 Å². The molecule has 0 saturated heterocycles. The van der Waals surface area contributed by atoms with Crippen molar-refractivity contribution in [2.75, 3.05) is 0 Å². The molecule has 0 saturated carbocycles. The first-order chi connectivity index (χ1) is 7.47. The van der Waals surface area contributed by atoms with Gasteiger partial charge in [0.15, 0.2) is 5.75 Å². The first-order valence-electron chi connectivity index (χ1n) is 4.40. The fourth-order valence-electron chi connectivity index (χ4n) is 1.43. The Morgan fingerprint density at radius 3 is 2.50 bits per heavy atom. The molecule has 2 aromatic carbocycles. The summed E-state index contributed by atoms with van der Waals surface area (Å²) in [5.41, 5.74) is 0. The second-order valence-electron chi connectivity index (χ2n) is 3.18. The predicted molar refractivity (Wildman–Crippen MR) is 61.6 cm³/mol. The number of halogens is 1. The van der Waals surface area contributed by atoms with Crippen LogP contribution < -0.4 is 4.52 Å². The van der Waals surface area contributed by atoms with Crippen molar-refractivity contribution in [3.63, 3.8) is 0 Å². The summed E-state index contributed by atoms with van der Waals surface area (Å²) in [6.07, 6.45) is 0. The minimum absolute atomic E-state index is 0.00750. The first-order valence-corrected chi connectivity index (χ1v) is 6.30. The number of rotatable bonds is 2. The fraction of sp³-hybridized carbons (Fsp3) is 0. The lowest BCUT2D eigenvalue weighted by atomic mass is 10.1. The van der Waals surface area contributed by atoms with E-state index in [-0.39, 0.29) is 10.8 Å². The minimum Gasteiger partial charge on any atom is -0.402 e. The normalized spacial score (nSPS) is 11.7. The van der Waals surface area contributed by atoms with Crippen LogP contribution in [0.15, 0.2) is 36.4 Å². The highest BCUT2D eigenvalue weighted by atomic mass is 35.5. The van der Waals surface area contributed by atoms with Crippen LogP contribution in [0.25, 0.3) is 10.8 Å². The number of benzene rings is 2. The van der Waals surface area contributed by atoms with Crippen LogP contribution in [0, 0.1) is 0 Å². The van der Waals surface area contributed by atoms with Gasteiger partial charge in [0.1, 0.15) is 0 Å². The largest absolute Gasteiger partial charge is 0.524 e. The van der Waals surface area contributed by atoms with Gasteiger partial charge in [-0.25, -0.2) is 4.57 Å². The summed E-state index contributed by atoms with van der Waals surface area (Å²) in [5, 5.41) is 1.54. The Bertz CT molecular complexity index is 578. The Morgan fingerprint density at radius 2 is 1.81 bits per heavy atom. The Balaban J connectivity index is 2.66. The van der Waals surface area contributed by atoms with E-state index in [1.54, 1.807) is 24.3 Å². The van der Waals surface area contributed by atoms with Gasteiger partial charge in [-0.1, -0.05) is 41.9 Å². The van der Waals surface area contributed by atoms with E-state index in [0.717, 1.165) is 5.39 Å². The third-order valence-corrected chi connectivity index (χ3v) is 2.76. The maximum Gasteiger partial charge on any atom is 0.524 e. The molecule has 0 aromatic heterocycles. The highest BCUT2D eigenvalue weighted by Gasteiger charge is 2.19. The van der Waals surface area contributed by atoms with Crippen LogP contribution in [0.5, 0.6) is 5.75 Å². The zero-order chi connectivity index (χ0) is 11.8. The lowest BCUT2D eigenvalue weighted by molar-refractivity contribution is 0.284. The Kier molecular flexibility index (Phi) is 2.91. The molecular weight excluding hydrogens is 251 g/mol. The van der Waals surface area contributed by atoms with Crippen LogP contribution in [-0.2, 0) is 4.57 Å². The highest BCUT2D eigenvalue weighted by Crippen LogP contribution is 2.44. The molecule has 2 rings (SSSR count). The van der Waals surface area contributed by atoms with Crippen molar-refractivity contribution < 1.29 is 18.9 Å². The summed E-state index contributed by atoms with van der Waals surface area (Å²) in [6, 6.07) is 10.3. The Hall–Kier alpha value is -1.06. The molecule has 0 spiro atoms. The van der Waals surface area contributed by atoms with Gasteiger partial charge in [0.25, 0.3) is 0 Å². The summed E-state index contributed by atoms with van der Waals surface area (Å²) in [4.78, 5) is 17.6. The van der Waals surface area contributed by atoms with E-state index >= 15 is 0 Å². The van der Waals surface area contributed by atoms with Crippen LogP contribution in [0.2, 0.25) is 5.02 Å². The second-order valence-corrected chi connectivity index (χ2v) is 4.75.